The summed E-state index contributed by atoms with van der Waals surface area (Å²) in [5.41, 5.74) is 1.52. The Bertz CT molecular complexity index is 1240. The van der Waals surface area contributed by atoms with Gasteiger partial charge in [-0.2, -0.15) is 0 Å². The van der Waals surface area contributed by atoms with E-state index in [4.69, 9.17) is 21.7 Å². The van der Waals surface area contributed by atoms with Gasteiger partial charge in [-0.15, -0.1) is 5.10 Å². The Morgan fingerprint density at radius 3 is 2.31 bits per heavy atom. The highest BCUT2D eigenvalue weighted by molar-refractivity contribution is 7.71. The molecule has 9 heteroatoms. The highest BCUT2D eigenvalue weighted by Gasteiger charge is 2.16. The number of ether oxygens (including phenoxy) is 2. The molecule has 0 radical (unpaired) electrons. The SMILES string of the molecule is CCOc1ccc(NC(=O)Cn2nc(-c3ccc(OC)cc3)n(-n3cccc3)c2=S)cc1. The van der Waals surface area contributed by atoms with Crippen LogP contribution in [-0.2, 0) is 11.3 Å². The Labute approximate surface area is 190 Å². The number of rotatable bonds is 8. The van der Waals surface area contributed by atoms with Gasteiger partial charge in [0.2, 0.25) is 10.7 Å². The zero-order valence-electron chi connectivity index (χ0n) is 17.8. The lowest BCUT2D eigenvalue weighted by atomic mass is 10.2. The number of hydrogen-bond acceptors (Lipinski definition) is 5. The molecule has 2 heterocycles. The van der Waals surface area contributed by atoms with Crippen LogP contribution in [0.4, 0.5) is 5.69 Å². The number of methoxy groups -OCH3 is 1. The topological polar surface area (TPSA) is 75.2 Å². The van der Waals surface area contributed by atoms with Crippen LogP contribution in [0.1, 0.15) is 6.92 Å². The molecule has 0 spiro atoms. The molecular formula is C23H23N5O3S. The summed E-state index contributed by atoms with van der Waals surface area (Å²) in [6, 6.07) is 18.5. The Morgan fingerprint density at radius 1 is 1.03 bits per heavy atom. The number of carbonyl (C=O) groups excluding carboxylic acids is 1. The van der Waals surface area contributed by atoms with Crippen molar-refractivity contribution in [1.29, 1.82) is 0 Å². The van der Waals surface area contributed by atoms with Crippen molar-refractivity contribution >= 4 is 23.8 Å². The molecular weight excluding hydrogens is 426 g/mol. The van der Waals surface area contributed by atoms with Crippen LogP contribution in [-0.4, -0.2) is 38.8 Å². The standard InChI is InChI=1S/C23H23N5O3S/c1-3-31-20-12-8-18(9-13-20)24-21(29)16-27-23(32)28(26-14-4-5-15-26)22(25-27)17-6-10-19(30-2)11-7-17/h4-15H,3,16H2,1-2H3,(H,24,29). The van der Waals surface area contributed by atoms with Gasteiger partial charge in [-0.3, -0.25) is 9.47 Å². The first kappa shape index (κ1) is 21.4. The van der Waals surface area contributed by atoms with Crippen LogP contribution in [0.5, 0.6) is 11.5 Å². The quantitative estimate of drug-likeness (QED) is 0.407. The average molecular weight is 450 g/mol. The van der Waals surface area contributed by atoms with Crippen molar-refractivity contribution in [3.63, 3.8) is 0 Å². The number of nitrogens with one attached hydrogen (secondary N) is 1. The van der Waals surface area contributed by atoms with Crippen molar-refractivity contribution in [1.82, 2.24) is 19.1 Å². The predicted molar refractivity (Wildman–Crippen MR) is 125 cm³/mol. The number of carbonyl (C=O) groups is 1. The van der Waals surface area contributed by atoms with E-state index in [1.807, 2.05) is 72.5 Å². The maximum Gasteiger partial charge on any atom is 0.246 e. The van der Waals surface area contributed by atoms with Gasteiger partial charge in [0.15, 0.2) is 5.82 Å². The molecule has 4 aromatic rings. The number of hydrogen-bond donors (Lipinski definition) is 1. The van der Waals surface area contributed by atoms with Crippen molar-refractivity contribution in [2.24, 2.45) is 0 Å². The molecule has 4 rings (SSSR count). The van der Waals surface area contributed by atoms with Crippen molar-refractivity contribution in [3.05, 3.63) is 77.8 Å². The van der Waals surface area contributed by atoms with Gasteiger partial charge in [-0.25, -0.2) is 9.36 Å². The van der Waals surface area contributed by atoms with E-state index in [9.17, 15) is 4.79 Å². The molecule has 1 amide bonds. The fraction of sp³-hybridized carbons (Fsp3) is 0.174. The van der Waals surface area contributed by atoms with Crippen LogP contribution in [0.3, 0.4) is 0 Å². The summed E-state index contributed by atoms with van der Waals surface area (Å²) in [5.74, 6) is 1.88. The average Bonchev–Trinajstić information content (AvgIpc) is 3.44. The van der Waals surface area contributed by atoms with E-state index < -0.39 is 0 Å². The van der Waals surface area contributed by atoms with E-state index in [-0.39, 0.29) is 12.5 Å². The van der Waals surface area contributed by atoms with Crippen LogP contribution in [0.25, 0.3) is 11.4 Å². The largest absolute Gasteiger partial charge is 0.497 e. The number of benzene rings is 2. The van der Waals surface area contributed by atoms with E-state index in [2.05, 4.69) is 10.4 Å². The molecule has 2 aromatic heterocycles. The van der Waals surface area contributed by atoms with Gasteiger partial charge in [-0.1, -0.05) is 0 Å². The number of anilines is 1. The molecule has 0 atom stereocenters. The normalized spacial score (nSPS) is 10.7. The van der Waals surface area contributed by atoms with Crippen molar-refractivity contribution in [2.75, 3.05) is 19.0 Å². The third kappa shape index (κ3) is 4.57. The van der Waals surface area contributed by atoms with Gasteiger partial charge < -0.3 is 14.8 Å². The highest BCUT2D eigenvalue weighted by Crippen LogP contribution is 2.22. The Morgan fingerprint density at radius 2 is 1.69 bits per heavy atom. The molecule has 1 N–H and O–H groups in total. The first-order chi connectivity index (χ1) is 15.6. The molecule has 8 nitrogen and oxygen atoms in total. The summed E-state index contributed by atoms with van der Waals surface area (Å²) in [4.78, 5) is 12.7. The van der Waals surface area contributed by atoms with Gasteiger partial charge in [0.25, 0.3) is 0 Å². The van der Waals surface area contributed by atoms with Crippen LogP contribution >= 0.6 is 12.2 Å². The van der Waals surface area contributed by atoms with Gasteiger partial charge in [0.1, 0.15) is 18.0 Å². The van der Waals surface area contributed by atoms with Crippen molar-refractivity contribution in [2.45, 2.75) is 13.5 Å². The van der Waals surface area contributed by atoms with E-state index in [1.54, 1.807) is 23.9 Å². The van der Waals surface area contributed by atoms with Gasteiger partial charge in [0, 0.05) is 23.6 Å². The van der Waals surface area contributed by atoms with E-state index >= 15 is 0 Å². The lowest BCUT2D eigenvalue weighted by Gasteiger charge is -2.08. The van der Waals surface area contributed by atoms with Gasteiger partial charge in [0.05, 0.1) is 13.7 Å². The molecule has 0 fully saturated rings. The third-order valence-electron chi connectivity index (χ3n) is 4.73. The summed E-state index contributed by atoms with van der Waals surface area (Å²) in [7, 11) is 1.62. The van der Waals surface area contributed by atoms with Gasteiger partial charge >= 0.3 is 0 Å². The first-order valence-electron chi connectivity index (χ1n) is 10.1. The monoisotopic (exact) mass is 449 g/mol. The molecule has 0 bridgehead atoms. The fourth-order valence-electron chi connectivity index (χ4n) is 3.23. The Hall–Kier alpha value is -3.85. The van der Waals surface area contributed by atoms with E-state index in [0.29, 0.717) is 22.9 Å². The maximum absolute atomic E-state index is 12.7. The van der Waals surface area contributed by atoms with Crippen LogP contribution < -0.4 is 14.8 Å². The van der Waals surface area contributed by atoms with E-state index in [1.165, 1.54) is 4.68 Å². The molecule has 0 aliphatic carbocycles. The number of aromatic nitrogens is 4. The second-order valence-electron chi connectivity index (χ2n) is 6.87. The summed E-state index contributed by atoms with van der Waals surface area (Å²) in [6.45, 7) is 2.49. The van der Waals surface area contributed by atoms with Crippen LogP contribution in [0.2, 0.25) is 0 Å². The number of nitrogens with zero attached hydrogens (tertiary/aromatic N) is 4. The summed E-state index contributed by atoms with van der Waals surface area (Å²) < 4.78 is 16.2. The maximum atomic E-state index is 12.7. The molecule has 32 heavy (non-hydrogen) atoms. The molecule has 2 aromatic carbocycles. The zero-order chi connectivity index (χ0) is 22.5. The first-order valence-corrected chi connectivity index (χ1v) is 10.5. The fourth-order valence-corrected chi connectivity index (χ4v) is 3.51. The molecule has 0 unspecified atom stereocenters. The summed E-state index contributed by atoms with van der Waals surface area (Å²) in [5, 5.41) is 7.52. The molecule has 164 valence electrons. The van der Waals surface area contributed by atoms with Crippen LogP contribution in [0.15, 0.2) is 73.1 Å². The second kappa shape index (κ2) is 9.52. The minimum Gasteiger partial charge on any atom is -0.497 e. The number of amides is 1. The Balaban J connectivity index is 1.61. The lowest BCUT2D eigenvalue weighted by molar-refractivity contribution is -0.116. The minimum atomic E-state index is -0.233. The van der Waals surface area contributed by atoms with Crippen LogP contribution in [0, 0.1) is 4.77 Å². The van der Waals surface area contributed by atoms with Crippen molar-refractivity contribution in [3.8, 4) is 22.9 Å². The van der Waals surface area contributed by atoms with E-state index in [0.717, 1.165) is 17.1 Å². The summed E-state index contributed by atoms with van der Waals surface area (Å²) >= 11 is 5.66. The van der Waals surface area contributed by atoms with Crippen molar-refractivity contribution < 1.29 is 14.3 Å². The summed E-state index contributed by atoms with van der Waals surface area (Å²) in [6.07, 6.45) is 3.74. The van der Waals surface area contributed by atoms with Gasteiger partial charge in [-0.05, 0) is 79.8 Å². The predicted octanol–water partition coefficient (Wildman–Crippen LogP) is 4.24. The molecule has 0 aliphatic heterocycles. The smallest absolute Gasteiger partial charge is 0.246 e. The Kier molecular flexibility index (Phi) is 6.37. The molecule has 0 aliphatic rings. The lowest BCUT2D eigenvalue weighted by Crippen LogP contribution is -2.20. The molecule has 0 saturated carbocycles. The third-order valence-corrected chi connectivity index (χ3v) is 5.11. The minimum absolute atomic E-state index is 0.0243. The highest BCUT2D eigenvalue weighted by atomic mass is 32.1. The molecule has 0 saturated heterocycles. The second-order valence-corrected chi connectivity index (χ2v) is 7.24. The zero-order valence-corrected chi connectivity index (χ0v) is 18.6.